The minimum absolute atomic E-state index is 0.177. The first-order valence-electron chi connectivity index (χ1n) is 8.34. The van der Waals surface area contributed by atoms with Crippen molar-refractivity contribution in [1.29, 1.82) is 0 Å². The highest BCUT2D eigenvalue weighted by atomic mass is 16.5. The van der Waals surface area contributed by atoms with Gasteiger partial charge < -0.3 is 20.1 Å². The summed E-state index contributed by atoms with van der Waals surface area (Å²) in [6.07, 6.45) is 4.59. The lowest BCUT2D eigenvalue weighted by Crippen LogP contribution is -2.45. The van der Waals surface area contributed by atoms with Gasteiger partial charge in [-0.15, -0.1) is 0 Å². The number of ether oxygens (including phenoxy) is 2. The molecule has 2 rings (SSSR count). The lowest BCUT2D eigenvalue weighted by atomic mass is 9.86. The number of hydrogen-bond donors (Lipinski definition) is 2. The molecule has 1 aliphatic rings. The third-order valence-electron chi connectivity index (χ3n) is 4.55. The van der Waals surface area contributed by atoms with Crippen LogP contribution >= 0.6 is 0 Å². The molecule has 0 radical (unpaired) electrons. The molecule has 1 aromatic carbocycles. The zero-order valence-corrected chi connectivity index (χ0v) is 14.6. The van der Waals surface area contributed by atoms with Crippen LogP contribution in [0.15, 0.2) is 18.2 Å². The SMILES string of the molecule is COC(=O)c1cc(CNC(=O)NC2CCCCC2C)ccc1OC. The van der Waals surface area contributed by atoms with Crippen molar-refractivity contribution in [3.05, 3.63) is 29.3 Å². The molecule has 2 atom stereocenters. The Labute approximate surface area is 142 Å². The van der Waals surface area contributed by atoms with Gasteiger partial charge >= 0.3 is 12.0 Å². The molecular formula is C18H26N2O4. The van der Waals surface area contributed by atoms with E-state index in [-0.39, 0.29) is 12.1 Å². The highest BCUT2D eigenvalue weighted by Gasteiger charge is 2.22. The van der Waals surface area contributed by atoms with Crippen molar-refractivity contribution >= 4 is 12.0 Å². The molecule has 24 heavy (non-hydrogen) atoms. The van der Waals surface area contributed by atoms with E-state index in [4.69, 9.17) is 9.47 Å². The van der Waals surface area contributed by atoms with Crippen LogP contribution in [0.1, 0.15) is 48.5 Å². The summed E-state index contributed by atoms with van der Waals surface area (Å²) in [6.45, 7) is 2.51. The Hall–Kier alpha value is -2.24. The summed E-state index contributed by atoms with van der Waals surface area (Å²) in [6, 6.07) is 5.25. The minimum atomic E-state index is -0.464. The largest absolute Gasteiger partial charge is 0.496 e. The maximum Gasteiger partial charge on any atom is 0.341 e. The van der Waals surface area contributed by atoms with Crippen LogP contribution in [-0.2, 0) is 11.3 Å². The number of urea groups is 1. The Kier molecular flexibility index (Phi) is 6.46. The van der Waals surface area contributed by atoms with Crippen molar-refractivity contribution < 1.29 is 19.1 Å². The first kappa shape index (κ1) is 18.1. The Morgan fingerprint density at radius 2 is 1.96 bits per heavy atom. The summed E-state index contributed by atoms with van der Waals surface area (Å²) < 4.78 is 9.91. The van der Waals surface area contributed by atoms with Gasteiger partial charge in [0.15, 0.2) is 0 Å². The van der Waals surface area contributed by atoms with Gasteiger partial charge in [-0.3, -0.25) is 0 Å². The fourth-order valence-corrected chi connectivity index (χ4v) is 3.07. The highest BCUT2D eigenvalue weighted by Crippen LogP contribution is 2.23. The number of benzene rings is 1. The molecule has 0 saturated heterocycles. The van der Waals surface area contributed by atoms with E-state index in [2.05, 4.69) is 17.6 Å². The van der Waals surface area contributed by atoms with Gasteiger partial charge in [0.2, 0.25) is 0 Å². The number of nitrogens with one attached hydrogen (secondary N) is 2. The molecule has 1 fully saturated rings. The third-order valence-corrected chi connectivity index (χ3v) is 4.55. The van der Waals surface area contributed by atoms with E-state index >= 15 is 0 Å². The number of rotatable bonds is 5. The molecule has 6 heteroatoms. The van der Waals surface area contributed by atoms with Crippen LogP contribution in [0.4, 0.5) is 4.79 Å². The lowest BCUT2D eigenvalue weighted by Gasteiger charge is -2.29. The zero-order chi connectivity index (χ0) is 17.5. The Morgan fingerprint density at radius 3 is 2.62 bits per heavy atom. The fourth-order valence-electron chi connectivity index (χ4n) is 3.07. The third kappa shape index (κ3) is 4.63. The summed E-state index contributed by atoms with van der Waals surface area (Å²) in [5.41, 5.74) is 1.16. The van der Waals surface area contributed by atoms with Crippen molar-refractivity contribution in [1.82, 2.24) is 10.6 Å². The van der Waals surface area contributed by atoms with Gasteiger partial charge in [-0.2, -0.15) is 0 Å². The summed E-state index contributed by atoms with van der Waals surface area (Å²) in [5.74, 6) is 0.497. The minimum Gasteiger partial charge on any atom is -0.496 e. The molecule has 132 valence electrons. The van der Waals surface area contributed by atoms with E-state index in [1.54, 1.807) is 12.1 Å². The van der Waals surface area contributed by atoms with Crippen LogP contribution in [0, 0.1) is 5.92 Å². The smallest absolute Gasteiger partial charge is 0.341 e. The molecule has 1 saturated carbocycles. The number of hydrogen-bond acceptors (Lipinski definition) is 4. The molecule has 0 heterocycles. The van der Waals surface area contributed by atoms with Crippen LogP contribution in [0.3, 0.4) is 0 Å². The quantitative estimate of drug-likeness (QED) is 0.812. The first-order chi connectivity index (χ1) is 11.5. The van der Waals surface area contributed by atoms with Gasteiger partial charge in [0.1, 0.15) is 11.3 Å². The van der Waals surface area contributed by atoms with Crippen molar-refractivity contribution in [3.8, 4) is 5.75 Å². The maximum atomic E-state index is 12.1. The van der Waals surface area contributed by atoms with Gasteiger partial charge in [0, 0.05) is 12.6 Å². The molecule has 0 bridgehead atoms. The van der Waals surface area contributed by atoms with Crippen LogP contribution < -0.4 is 15.4 Å². The van der Waals surface area contributed by atoms with Gasteiger partial charge in [0.05, 0.1) is 14.2 Å². The molecule has 2 N–H and O–H groups in total. The van der Waals surface area contributed by atoms with Gasteiger partial charge in [-0.25, -0.2) is 9.59 Å². The molecule has 2 amide bonds. The number of carbonyl (C=O) groups is 2. The van der Waals surface area contributed by atoms with Crippen molar-refractivity contribution in [2.45, 2.75) is 45.2 Å². The molecule has 0 spiro atoms. The molecule has 1 aliphatic carbocycles. The number of esters is 1. The molecule has 1 aromatic rings. The molecular weight excluding hydrogens is 308 g/mol. The predicted octanol–water partition coefficient (Wildman–Crippen LogP) is 2.86. The Bertz CT molecular complexity index is 588. The lowest BCUT2D eigenvalue weighted by molar-refractivity contribution is 0.0597. The summed E-state index contributed by atoms with van der Waals surface area (Å²) in [7, 11) is 2.82. The molecule has 0 aromatic heterocycles. The summed E-state index contributed by atoms with van der Waals surface area (Å²) >= 11 is 0. The van der Waals surface area contributed by atoms with E-state index in [9.17, 15) is 9.59 Å². The van der Waals surface area contributed by atoms with Crippen LogP contribution in [-0.4, -0.2) is 32.3 Å². The standard InChI is InChI=1S/C18H26N2O4/c1-12-6-4-5-7-15(12)20-18(22)19-11-13-8-9-16(23-2)14(10-13)17(21)24-3/h8-10,12,15H,4-7,11H2,1-3H3,(H2,19,20,22). The van der Waals surface area contributed by atoms with E-state index in [1.165, 1.54) is 20.6 Å². The fraction of sp³-hybridized carbons (Fsp3) is 0.556. The molecule has 2 unspecified atom stereocenters. The van der Waals surface area contributed by atoms with Gasteiger partial charge in [0.25, 0.3) is 0 Å². The highest BCUT2D eigenvalue weighted by molar-refractivity contribution is 5.92. The second-order valence-electron chi connectivity index (χ2n) is 6.22. The van der Waals surface area contributed by atoms with E-state index < -0.39 is 5.97 Å². The number of methoxy groups -OCH3 is 2. The molecule has 6 nitrogen and oxygen atoms in total. The first-order valence-corrected chi connectivity index (χ1v) is 8.34. The predicted molar refractivity (Wildman–Crippen MR) is 91.1 cm³/mol. The van der Waals surface area contributed by atoms with E-state index in [0.29, 0.717) is 23.8 Å². The van der Waals surface area contributed by atoms with E-state index in [1.807, 2.05) is 6.07 Å². The summed E-state index contributed by atoms with van der Waals surface area (Å²) in [4.78, 5) is 23.9. The average Bonchev–Trinajstić information content (AvgIpc) is 2.61. The zero-order valence-electron chi connectivity index (χ0n) is 14.6. The van der Waals surface area contributed by atoms with Crippen LogP contribution in [0.5, 0.6) is 5.75 Å². The molecule has 0 aliphatic heterocycles. The van der Waals surface area contributed by atoms with Crippen LogP contribution in [0.2, 0.25) is 0 Å². The second kappa shape index (κ2) is 8.57. The number of amides is 2. The van der Waals surface area contributed by atoms with Gasteiger partial charge in [-0.05, 0) is 36.5 Å². The van der Waals surface area contributed by atoms with E-state index in [0.717, 1.165) is 24.8 Å². The normalized spacial score (nSPS) is 20.1. The Morgan fingerprint density at radius 1 is 1.21 bits per heavy atom. The average molecular weight is 334 g/mol. The maximum absolute atomic E-state index is 12.1. The number of carbonyl (C=O) groups excluding carboxylic acids is 2. The van der Waals surface area contributed by atoms with Crippen LogP contribution in [0.25, 0.3) is 0 Å². The Balaban J connectivity index is 1.93. The van der Waals surface area contributed by atoms with Crippen molar-refractivity contribution in [3.63, 3.8) is 0 Å². The monoisotopic (exact) mass is 334 g/mol. The van der Waals surface area contributed by atoms with Crippen molar-refractivity contribution in [2.75, 3.05) is 14.2 Å². The topological polar surface area (TPSA) is 76.7 Å². The second-order valence-corrected chi connectivity index (χ2v) is 6.22. The summed E-state index contributed by atoms with van der Waals surface area (Å²) in [5, 5.41) is 5.89. The van der Waals surface area contributed by atoms with Gasteiger partial charge in [-0.1, -0.05) is 25.8 Å². The van der Waals surface area contributed by atoms with Crippen molar-refractivity contribution in [2.24, 2.45) is 5.92 Å².